The van der Waals surface area contributed by atoms with Crippen molar-refractivity contribution in [2.24, 2.45) is 0 Å². The zero-order chi connectivity index (χ0) is 19.7. The Morgan fingerprint density at radius 1 is 1.38 bits per heavy atom. The van der Waals surface area contributed by atoms with Crippen molar-refractivity contribution >= 4 is 27.9 Å². The summed E-state index contributed by atoms with van der Waals surface area (Å²) in [7, 11) is 0. The standard InChI is InChI=1S/C16H19BrF3N3O3/c1-15(2,3)26-14(25)22-11-6-7-23(13(11)24)12(16(18,19)20)10-5-4-9(17)8-21-10/h4-5,8,11-12H,6-7H2,1-3H3,(H,22,25)/t11-,12-/m0/s1. The lowest BCUT2D eigenvalue weighted by Gasteiger charge is -2.29. The smallest absolute Gasteiger partial charge is 0.414 e. The van der Waals surface area contributed by atoms with Gasteiger partial charge in [0.15, 0.2) is 6.04 Å². The van der Waals surface area contributed by atoms with Crippen molar-refractivity contribution < 1.29 is 27.5 Å². The van der Waals surface area contributed by atoms with Gasteiger partial charge in [-0.05, 0) is 55.3 Å². The Hall–Kier alpha value is -1.84. The highest BCUT2D eigenvalue weighted by Crippen LogP contribution is 2.39. The van der Waals surface area contributed by atoms with Crippen molar-refractivity contribution in [3.8, 4) is 0 Å². The van der Waals surface area contributed by atoms with E-state index in [1.807, 2.05) is 0 Å². The van der Waals surface area contributed by atoms with Crippen molar-refractivity contribution in [1.82, 2.24) is 15.2 Å². The number of carbonyl (C=O) groups excluding carboxylic acids is 2. The highest BCUT2D eigenvalue weighted by Gasteiger charge is 2.51. The Bertz CT molecular complexity index is 674. The molecule has 1 saturated heterocycles. The molecule has 1 N–H and O–H groups in total. The number of halogens is 4. The third kappa shape index (κ3) is 5.09. The Morgan fingerprint density at radius 3 is 2.54 bits per heavy atom. The van der Waals surface area contributed by atoms with Crippen LogP contribution in [0.5, 0.6) is 0 Å². The molecule has 1 aliphatic rings. The summed E-state index contributed by atoms with van der Waals surface area (Å²) in [6, 6.07) is -0.596. The quantitative estimate of drug-likeness (QED) is 0.784. The van der Waals surface area contributed by atoms with E-state index in [0.717, 1.165) is 0 Å². The molecule has 2 rings (SSSR count). The van der Waals surface area contributed by atoms with Crippen LogP contribution in [0.2, 0.25) is 0 Å². The average Bonchev–Trinajstić information content (AvgIpc) is 2.79. The van der Waals surface area contributed by atoms with Gasteiger partial charge in [0.2, 0.25) is 5.91 Å². The van der Waals surface area contributed by atoms with Gasteiger partial charge in [-0.2, -0.15) is 13.2 Å². The Kier molecular flexibility index (Phi) is 5.84. The zero-order valence-corrected chi connectivity index (χ0v) is 16.0. The third-order valence-corrected chi connectivity index (χ3v) is 4.05. The number of amides is 2. The number of ether oxygens (including phenoxy) is 1. The summed E-state index contributed by atoms with van der Waals surface area (Å²) in [6.07, 6.45) is -4.24. The lowest BCUT2D eigenvalue weighted by atomic mass is 10.1. The molecule has 2 heterocycles. The van der Waals surface area contributed by atoms with Gasteiger partial charge in [-0.1, -0.05) is 0 Å². The summed E-state index contributed by atoms with van der Waals surface area (Å²) in [5.74, 6) is -0.817. The van der Waals surface area contributed by atoms with Gasteiger partial charge in [0.05, 0.1) is 5.69 Å². The summed E-state index contributed by atoms with van der Waals surface area (Å²) < 4.78 is 46.3. The van der Waals surface area contributed by atoms with Crippen LogP contribution in [0, 0.1) is 0 Å². The molecule has 0 unspecified atom stereocenters. The maximum atomic E-state index is 13.6. The predicted molar refractivity (Wildman–Crippen MR) is 90.2 cm³/mol. The number of carbonyl (C=O) groups is 2. The SMILES string of the molecule is CC(C)(C)OC(=O)N[C@H]1CCN([C@@H](c2ccc(Br)cn2)C(F)(F)F)C1=O. The van der Waals surface area contributed by atoms with Crippen LogP contribution in [0.15, 0.2) is 22.8 Å². The molecule has 1 aromatic heterocycles. The molecule has 0 aromatic carbocycles. The van der Waals surface area contributed by atoms with Crippen LogP contribution in [0.1, 0.15) is 38.9 Å². The van der Waals surface area contributed by atoms with Crippen molar-refractivity contribution in [2.75, 3.05) is 6.54 Å². The maximum absolute atomic E-state index is 13.6. The predicted octanol–water partition coefficient (Wildman–Crippen LogP) is 3.57. The van der Waals surface area contributed by atoms with E-state index in [2.05, 4.69) is 26.2 Å². The van der Waals surface area contributed by atoms with Crippen molar-refractivity contribution in [1.29, 1.82) is 0 Å². The first-order valence-corrected chi connectivity index (χ1v) is 8.66. The molecule has 1 aliphatic heterocycles. The van der Waals surface area contributed by atoms with Crippen molar-refractivity contribution in [2.45, 2.75) is 51.1 Å². The normalized spacial score (nSPS) is 19.4. The lowest BCUT2D eigenvalue weighted by molar-refractivity contribution is -0.190. The molecule has 10 heteroatoms. The van der Waals surface area contributed by atoms with E-state index in [1.165, 1.54) is 18.3 Å². The van der Waals surface area contributed by atoms with Gasteiger partial charge in [-0.25, -0.2) is 4.79 Å². The van der Waals surface area contributed by atoms with Crippen LogP contribution < -0.4 is 5.32 Å². The van der Waals surface area contributed by atoms with Crippen molar-refractivity contribution in [3.63, 3.8) is 0 Å². The van der Waals surface area contributed by atoms with E-state index in [1.54, 1.807) is 20.8 Å². The summed E-state index contributed by atoms with van der Waals surface area (Å²) in [6.45, 7) is 4.79. The molecule has 0 radical (unpaired) electrons. The minimum Gasteiger partial charge on any atom is -0.444 e. The second-order valence-electron chi connectivity index (χ2n) is 6.86. The largest absolute Gasteiger partial charge is 0.444 e. The zero-order valence-electron chi connectivity index (χ0n) is 14.4. The molecule has 1 aromatic rings. The highest BCUT2D eigenvalue weighted by atomic mass is 79.9. The van der Waals surface area contributed by atoms with E-state index in [-0.39, 0.29) is 18.7 Å². The van der Waals surface area contributed by atoms with Crippen LogP contribution >= 0.6 is 15.9 Å². The summed E-state index contributed by atoms with van der Waals surface area (Å²) >= 11 is 3.12. The molecular weight excluding hydrogens is 419 g/mol. The number of hydrogen-bond acceptors (Lipinski definition) is 4. The summed E-state index contributed by atoms with van der Waals surface area (Å²) in [5.41, 5.74) is -1.06. The fourth-order valence-electron chi connectivity index (χ4n) is 2.60. The van der Waals surface area contributed by atoms with Gasteiger partial charge >= 0.3 is 12.3 Å². The highest BCUT2D eigenvalue weighted by molar-refractivity contribution is 9.10. The van der Waals surface area contributed by atoms with Crippen LogP contribution in [0.4, 0.5) is 18.0 Å². The maximum Gasteiger partial charge on any atom is 0.414 e. The number of likely N-dealkylation sites (tertiary alicyclic amines) is 1. The first-order chi connectivity index (χ1) is 11.9. The number of hydrogen-bond donors (Lipinski definition) is 1. The van der Waals surface area contributed by atoms with E-state index < -0.39 is 35.9 Å². The molecule has 1 fully saturated rings. The number of nitrogens with one attached hydrogen (secondary N) is 1. The molecular formula is C16H19BrF3N3O3. The fraction of sp³-hybridized carbons (Fsp3) is 0.562. The molecule has 144 valence electrons. The molecule has 2 amide bonds. The molecule has 0 bridgehead atoms. The number of pyridine rings is 1. The van der Waals surface area contributed by atoms with Crippen molar-refractivity contribution in [3.05, 3.63) is 28.5 Å². The monoisotopic (exact) mass is 437 g/mol. The number of alkyl halides is 3. The second kappa shape index (κ2) is 7.42. The minimum atomic E-state index is -4.70. The van der Waals surface area contributed by atoms with E-state index in [9.17, 15) is 22.8 Å². The number of alkyl carbamates (subject to hydrolysis) is 1. The first kappa shape index (κ1) is 20.5. The molecule has 0 saturated carbocycles. The molecule has 6 nitrogen and oxygen atoms in total. The van der Waals surface area contributed by atoms with E-state index in [4.69, 9.17) is 4.74 Å². The molecule has 2 atom stereocenters. The second-order valence-corrected chi connectivity index (χ2v) is 7.78. The van der Waals surface area contributed by atoms with Crippen LogP contribution in [-0.4, -0.2) is 46.2 Å². The molecule has 0 spiro atoms. The van der Waals surface area contributed by atoms with Crippen LogP contribution in [0.3, 0.4) is 0 Å². The van der Waals surface area contributed by atoms with Gasteiger partial charge in [-0.15, -0.1) is 0 Å². The van der Waals surface area contributed by atoms with Gasteiger partial charge in [-0.3, -0.25) is 9.78 Å². The van der Waals surface area contributed by atoms with Crippen LogP contribution in [0.25, 0.3) is 0 Å². The molecule has 0 aliphatic carbocycles. The topological polar surface area (TPSA) is 71.5 Å². The van der Waals surface area contributed by atoms with E-state index in [0.29, 0.717) is 9.37 Å². The van der Waals surface area contributed by atoms with Gasteiger partial charge in [0.1, 0.15) is 11.6 Å². The number of aromatic nitrogens is 1. The average molecular weight is 438 g/mol. The Balaban J connectivity index is 2.17. The summed E-state index contributed by atoms with van der Waals surface area (Å²) in [5, 5.41) is 2.33. The number of rotatable bonds is 3. The fourth-order valence-corrected chi connectivity index (χ4v) is 2.83. The Labute approximate surface area is 157 Å². The Morgan fingerprint density at radius 2 is 2.04 bits per heavy atom. The first-order valence-electron chi connectivity index (χ1n) is 7.86. The number of nitrogens with zero attached hydrogens (tertiary/aromatic N) is 2. The van der Waals surface area contributed by atoms with E-state index >= 15 is 0 Å². The van der Waals surface area contributed by atoms with Gasteiger partial charge in [0, 0.05) is 17.2 Å². The van der Waals surface area contributed by atoms with Gasteiger partial charge < -0.3 is 15.0 Å². The van der Waals surface area contributed by atoms with Gasteiger partial charge in [0.25, 0.3) is 0 Å². The molecule has 26 heavy (non-hydrogen) atoms. The minimum absolute atomic E-state index is 0.0567. The third-order valence-electron chi connectivity index (χ3n) is 3.58. The lowest BCUT2D eigenvalue weighted by Crippen LogP contribution is -2.46. The summed E-state index contributed by atoms with van der Waals surface area (Å²) in [4.78, 5) is 28.7. The van der Waals surface area contributed by atoms with Crippen LogP contribution in [-0.2, 0) is 9.53 Å².